The van der Waals surface area contributed by atoms with Crippen LogP contribution < -0.4 is 10.3 Å². The summed E-state index contributed by atoms with van der Waals surface area (Å²) in [6, 6.07) is 43.3. The van der Waals surface area contributed by atoms with Crippen molar-refractivity contribution in [1.29, 1.82) is 0 Å². The van der Waals surface area contributed by atoms with Crippen molar-refractivity contribution in [3.63, 3.8) is 0 Å². The predicted octanol–water partition coefficient (Wildman–Crippen LogP) is 8.04. The molecular formula is C37H27N3O2. The van der Waals surface area contributed by atoms with Crippen molar-refractivity contribution in [2.75, 3.05) is 0 Å². The summed E-state index contributed by atoms with van der Waals surface area (Å²) < 4.78 is 8.08. The molecule has 0 spiro atoms. The van der Waals surface area contributed by atoms with E-state index in [0.29, 0.717) is 23.1 Å². The van der Waals surface area contributed by atoms with Crippen LogP contribution in [0.4, 0.5) is 5.69 Å². The molecule has 0 saturated carbocycles. The van der Waals surface area contributed by atoms with Gasteiger partial charge >= 0.3 is 0 Å². The predicted molar refractivity (Wildman–Crippen MR) is 170 cm³/mol. The van der Waals surface area contributed by atoms with Crippen LogP contribution in [-0.4, -0.2) is 21.4 Å². The molecule has 7 rings (SSSR count). The van der Waals surface area contributed by atoms with Gasteiger partial charge in [-0.2, -0.15) is 0 Å². The standard InChI is InChI=1S/C37H27N3O2/c41-37-31-15-7-8-16-32(31)39-36(28-13-5-2-6-14-28)40(37)29-22-20-27(21-23-29)34-25-30(24-19-26-11-3-1-4-12-26)42-35-18-10-9-17-33(35)38-34/h1-24,30H,25H2/b24-19+. The van der Waals surface area contributed by atoms with Gasteiger partial charge in [0.05, 0.1) is 22.3 Å². The summed E-state index contributed by atoms with van der Waals surface area (Å²) in [6.07, 6.45) is 4.59. The van der Waals surface area contributed by atoms with Gasteiger partial charge in [-0.3, -0.25) is 9.36 Å². The highest BCUT2D eigenvalue weighted by molar-refractivity contribution is 6.03. The molecule has 0 bridgehead atoms. The van der Waals surface area contributed by atoms with Crippen molar-refractivity contribution in [2.45, 2.75) is 12.5 Å². The van der Waals surface area contributed by atoms with Gasteiger partial charge in [0.25, 0.3) is 5.56 Å². The molecule has 2 heterocycles. The summed E-state index contributed by atoms with van der Waals surface area (Å²) >= 11 is 0. The quantitative estimate of drug-likeness (QED) is 0.220. The van der Waals surface area contributed by atoms with Gasteiger partial charge in [-0.1, -0.05) is 103 Å². The Morgan fingerprint density at radius 2 is 1.40 bits per heavy atom. The minimum absolute atomic E-state index is 0.104. The maximum Gasteiger partial charge on any atom is 0.266 e. The van der Waals surface area contributed by atoms with Crippen molar-refractivity contribution < 1.29 is 4.74 Å². The molecule has 5 nitrogen and oxygen atoms in total. The fourth-order valence-corrected chi connectivity index (χ4v) is 5.26. The number of hydrogen-bond acceptors (Lipinski definition) is 4. The highest BCUT2D eigenvalue weighted by atomic mass is 16.5. The number of aromatic nitrogens is 2. The van der Waals surface area contributed by atoms with Crippen LogP contribution in [0.5, 0.6) is 5.75 Å². The molecule has 1 aromatic heterocycles. The van der Waals surface area contributed by atoms with Gasteiger partial charge in [0.1, 0.15) is 23.4 Å². The normalized spacial score (nSPS) is 14.7. The molecule has 202 valence electrons. The van der Waals surface area contributed by atoms with Crippen molar-refractivity contribution in [3.8, 4) is 22.8 Å². The van der Waals surface area contributed by atoms with Gasteiger partial charge in [-0.15, -0.1) is 0 Å². The zero-order valence-electron chi connectivity index (χ0n) is 22.8. The van der Waals surface area contributed by atoms with E-state index in [1.165, 1.54) is 0 Å². The first-order valence-corrected chi connectivity index (χ1v) is 14.0. The van der Waals surface area contributed by atoms with Crippen molar-refractivity contribution in [1.82, 2.24) is 9.55 Å². The monoisotopic (exact) mass is 545 g/mol. The third kappa shape index (κ3) is 5.04. The van der Waals surface area contributed by atoms with Gasteiger partial charge in [0.15, 0.2) is 0 Å². The maximum atomic E-state index is 13.8. The van der Waals surface area contributed by atoms with E-state index in [9.17, 15) is 4.79 Å². The molecule has 5 heteroatoms. The van der Waals surface area contributed by atoms with Crippen molar-refractivity contribution in [2.24, 2.45) is 4.99 Å². The number of rotatable bonds is 5. The fourth-order valence-electron chi connectivity index (χ4n) is 5.26. The van der Waals surface area contributed by atoms with E-state index in [-0.39, 0.29) is 11.7 Å². The minimum atomic E-state index is -0.190. The van der Waals surface area contributed by atoms with Crippen LogP contribution in [0.15, 0.2) is 149 Å². The van der Waals surface area contributed by atoms with E-state index in [0.717, 1.165) is 39.5 Å². The topological polar surface area (TPSA) is 56.5 Å². The van der Waals surface area contributed by atoms with E-state index in [4.69, 9.17) is 14.7 Å². The molecule has 6 aromatic rings. The molecule has 1 unspecified atom stereocenters. The lowest BCUT2D eigenvalue weighted by atomic mass is 10.0. The van der Waals surface area contributed by atoms with E-state index < -0.39 is 0 Å². The van der Waals surface area contributed by atoms with Gasteiger partial charge < -0.3 is 4.74 Å². The largest absolute Gasteiger partial charge is 0.484 e. The van der Waals surface area contributed by atoms with Crippen LogP contribution in [0.2, 0.25) is 0 Å². The Labute approximate surface area is 243 Å². The lowest BCUT2D eigenvalue weighted by Crippen LogP contribution is -2.22. The van der Waals surface area contributed by atoms with Crippen molar-refractivity contribution >= 4 is 28.4 Å². The lowest BCUT2D eigenvalue weighted by molar-refractivity contribution is 0.262. The summed E-state index contributed by atoms with van der Waals surface area (Å²) in [7, 11) is 0. The van der Waals surface area contributed by atoms with Crippen LogP contribution in [0.1, 0.15) is 17.5 Å². The minimum Gasteiger partial charge on any atom is -0.484 e. The Hall–Kier alpha value is -5.55. The van der Waals surface area contributed by atoms with Crippen LogP contribution in [-0.2, 0) is 0 Å². The second-order valence-electron chi connectivity index (χ2n) is 10.2. The molecule has 1 atom stereocenters. The lowest BCUT2D eigenvalue weighted by Gasteiger charge is -2.16. The molecular weight excluding hydrogens is 518 g/mol. The molecule has 0 aliphatic carbocycles. The van der Waals surface area contributed by atoms with Gasteiger partial charge in [-0.05, 0) is 53.6 Å². The van der Waals surface area contributed by atoms with Crippen LogP contribution in [0, 0.1) is 0 Å². The number of aliphatic imine (C=N–C) groups is 1. The third-order valence-corrected chi connectivity index (χ3v) is 7.36. The molecule has 0 saturated heterocycles. The summed E-state index contributed by atoms with van der Waals surface area (Å²) in [5, 5.41) is 0.580. The third-order valence-electron chi connectivity index (χ3n) is 7.36. The second-order valence-corrected chi connectivity index (χ2v) is 10.2. The Morgan fingerprint density at radius 1 is 0.714 bits per heavy atom. The average molecular weight is 546 g/mol. The molecule has 1 aliphatic heterocycles. The van der Waals surface area contributed by atoms with Gasteiger partial charge in [0.2, 0.25) is 0 Å². The van der Waals surface area contributed by atoms with Crippen LogP contribution >= 0.6 is 0 Å². The highest BCUT2D eigenvalue weighted by Crippen LogP contribution is 2.33. The molecule has 42 heavy (non-hydrogen) atoms. The Bertz CT molecular complexity index is 1990. The molecule has 0 N–H and O–H groups in total. The molecule has 1 aliphatic rings. The number of hydrogen-bond donors (Lipinski definition) is 0. The fraction of sp³-hybridized carbons (Fsp3) is 0.0541. The number of ether oxygens (including phenoxy) is 1. The summed E-state index contributed by atoms with van der Waals surface area (Å²) in [5.74, 6) is 1.36. The summed E-state index contributed by atoms with van der Waals surface area (Å²) in [4.78, 5) is 23.7. The Balaban J connectivity index is 1.29. The first-order chi connectivity index (χ1) is 20.7. The van der Waals surface area contributed by atoms with E-state index in [1.54, 1.807) is 4.57 Å². The molecule has 0 radical (unpaired) electrons. The highest BCUT2D eigenvalue weighted by Gasteiger charge is 2.20. The number of fused-ring (bicyclic) bond motifs is 2. The Morgan fingerprint density at radius 3 is 2.21 bits per heavy atom. The maximum absolute atomic E-state index is 13.8. The van der Waals surface area contributed by atoms with Gasteiger partial charge in [0, 0.05) is 12.0 Å². The zero-order valence-corrected chi connectivity index (χ0v) is 22.8. The first-order valence-electron chi connectivity index (χ1n) is 14.0. The Kier molecular flexibility index (Phi) is 6.74. The zero-order chi connectivity index (χ0) is 28.3. The van der Waals surface area contributed by atoms with E-state index >= 15 is 0 Å². The second kappa shape index (κ2) is 11.1. The summed E-state index contributed by atoms with van der Waals surface area (Å²) in [5.41, 5.74) is 6.00. The number of nitrogens with zero attached hydrogens (tertiary/aromatic N) is 3. The van der Waals surface area contributed by atoms with Crippen LogP contribution in [0.25, 0.3) is 34.1 Å². The van der Waals surface area contributed by atoms with Crippen molar-refractivity contribution in [3.05, 3.63) is 161 Å². The molecule has 0 amide bonds. The van der Waals surface area contributed by atoms with E-state index in [1.807, 2.05) is 121 Å². The molecule has 0 fully saturated rings. The van der Waals surface area contributed by atoms with Crippen LogP contribution in [0.3, 0.4) is 0 Å². The van der Waals surface area contributed by atoms with E-state index in [2.05, 4.69) is 24.3 Å². The SMILES string of the molecule is O=c1c2ccccc2nc(-c2ccccc2)n1-c1ccc(C2=Nc3ccccc3OC(/C=C/c3ccccc3)C2)cc1. The molecule has 5 aromatic carbocycles. The smallest absolute Gasteiger partial charge is 0.266 e. The average Bonchev–Trinajstić information content (AvgIpc) is 3.24. The number of para-hydroxylation sites is 3. The number of benzene rings is 5. The summed E-state index contributed by atoms with van der Waals surface area (Å²) in [6.45, 7) is 0. The van der Waals surface area contributed by atoms with Gasteiger partial charge in [-0.25, -0.2) is 9.98 Å². The first kappa shape index (κ1) is 25.4.